The molecule has 6 heterocycles. The third-order valence-corrected chi connectivity index (χ3v) is 14.6. The number of rotatable bonds is 17. The summed E-state index contributed by atoms with van der Waals surface area (Å²) < 4.78 is 33.6. The van der Waals surface area contributed by atoms with Crippen LogP contribution in [0.2, 0.25) is 0 Å². The van der Waals surface area contributed by atoms with Gasteiger partial charge in [0.25, 0.3) is 11.8 Å². The molecule has 6 aromatic carbocycles. The minimum atomic E-state index is -1.73. The van der Waals surface area contributed by atoms with E-state index in [1.165, 1.54) is 41.6 Å². The first-order valence-corrected chi connectivity index (χ1v) is 28.2. The Kier molecular flexibility index (Phi) is 20.8. The highest BCUT2D eigenvalue weighted by molar-refractivity contribution is 6.59. The lowest BCUT2D eigenvalue weighted by atomic mass is 9.79. The van der Waals surface area contributed by atoms with Crippen LogP contribution in [0.5, 0.6) is 5.75 Å². The average Bonchev–Trinajstić information content (AvgIpc) is 3.05. The standard InChI is InChI=1S/C25H24N6O2.C25H24N6O.C8H11BO2.C7H8BFO2/c1-17-4-6-19(23(12-17)32-2)18-5-7-22-20(13-18)24(21(14-28-22)25-30-29-16-33-25)27-8-3-10-31-11-9-26-15-31;1-17-4-5-19(12-18(17)2)20-6-7-23-21(13-20)24(22(14-28-23)25-30-29-16-32-25)27-8-3-10-31-11-9-26-15-31;1-6-3-4-8(9(10)11)5-7(6)2;1-5-2-3-6(8(10)11)7(9)4-5/h4-7,9,11-16H,3,8,10H2,1-2H3,(H,27,28);4-7,9,11-16H,3,8,10H2,1-2H3,(H,27,28);3-5,10-11H,1-2H3;2-4,10-11H,1H3. The molecule has 0 aliphatic rings. The highest BCUT2D eigenvalue weighted by atomic mass is 19.1. The van der Waals surface area contributed by atoms with Gasteiger partial charge in [-0.1, -0.05) is 72.8 Å². The molecule has 0 radical (unpaired) electrons. The molecule has 0 aliphatic heterocycles. The lowest BCUT2D eigenvalue weighted by Gasteiger charge is -2.15. The summed E-state index contributed by atoms with van der Waals surface area (Å²) in [4.78, 5) is 17.5. The predicted octanol–water partition coefficient (Wildman–Crippen LogP) is 10.0. The van der Waals surface area contributed by atoms with E-state index in [0.717, 1.165) is 128 Å². The van der Waals surface area contributed by atoms with Gasteiger partial charge in [-0.05, 0) is 146 Å². The number of methoxy groups -OCH3 is 1. The van der Waals surface area contributed by atoms with Crippen molar-refractivity contribution in [1.29, 1.82) is 0 Å². The molecule has 0 atom stereocenters. The predicted molar refractivity (Wildman–Crippen MR) is 339 cm³/mol. The summed E-state index contributed by atoms with van der Waals surface area (Å²) in [6, 6.07) is 35.0. The first-order valence-electron chi connectivity index (χ1n) is 28.2. The zero-order valence-corrected chi connectivity index (χ0v) is 49.4. The van der Waals surface area contributed by atoms with E-state index in [0.29, 0.717) is 17.2 Å². The van der Waals surface area contributed by atoms with Crippen LogP contribution >= 0.6 is 0 Å². The van der Waals surface area contributed by atoms with Crippen LogP contribution in [-0.2, 0) is 13.1 Å². The maximum absolute atomic E-state index is 12.8. The van der Waals surface area contributed by atoms with Crippen molar-refractivity contribution in [3.05, 3.63) is 211 Å². The number of aryl methyl sites for hydroxylation is 8. The van der Waals surface area contributed by atoms with Crippen LogP contribution < -0.4 is 26.3 Å². The van der Waals surface area contributed by atoms with E-state index in [4.69, 9.17) is 33.7 Å². The lowest BCUT2D eigenvalue weighted by Crippen LogP contribution is -2.32. The maximum Gasteiger partial charge on any atom is 0.491 e. The number of hydrogen-bond donors (Lipinski definition) is 6. The summed E-state index contributed by atoms with van der Waals surface area (Å²) in [6.45, 7) is 15.3. The van der Waals surface area contributed by atoms with Crippen molar-refractivity contribution in [1.82, 2.24) is 49.5 Å². The molecule has 19 nitrogen and oxygen atoms in total. The number of nitrogens with one attached hydrogen (secondary N) is 2. The molecule has 6 N–H and O–H groups in total. The topological polar surface area (TPSA) is 253 Å². The summed E-state index contributed by atoms with van der Waals surface area (Å²) in [5, 5.41) is 59.9. The molecule has 87 heavy (non-hydrogen) atoms. The molecule has 442 valence electrons. The van der Waals surface area contributed by atoms with Crippen LogP contribution in [0.1, 0.15) is 46.2 Å². The molecule has 12 aromatic rings. The normalized spacial score (nSPS) is 10.8. The average molecular weight is 1170 g/mol. The molecule has 0 spiro atoms. The molecular formula is C65H67B2FN12O7. The van der Waals surface area contributed by atoms with Crippen molar-refractivity contribution in [3.8, 4) is 50.9 Å². The molecule has 22 heteroatoms. The number of halogens is 1. The molecule has 0 amide bonds. The molecule has 6 aromatic heterocycles. The second-order valence-electron chi connectivity index (χ2n) is 20.8. The van der Waals surface area contributed by atoms with Crippen molar-refractivity contribution in [2.45, 2.75) is 67.5 Å². The van der Waals surface area contributed by atoms with Gasteiger partial charge >= 0.3 is 14.2 Å². The van der Waals surface area contributed by atoms with E-state index in [9.17, 15) is 4.39 Å². The van der Waals surface area contributed by atoms with Crippen LogP contribution in [0, 0.1) is 47.4 Å². The Bertz CT molecular complexity index is 4170. The van der Waals surface area contributed by atoms with Crippen molar-refractivity contribution in [3.63, 3.8) is 0 Å². The van der Waals surface area contributed by atoms with Crippen molar-refractivity contribution >= 4 is 58.3 Å². The van der Waals surface area contributed by atoms with Gasteiger partial charge in [-0.15, -0.1) is 20.4 Å². The minimum Gasteiger partial charge on any atom is -0.496 e. The molecule has 0 unspecified atom stereocenters. The number of ether oxygens (including phenoxy) is 1. The van der Waals surface area contributed by atoms with E-state index in [1.54, 1.807) is 57.0 Å². The number of anilines is 2. The van der Waals surface area contributed by atoms with Gasteiger partial charge in [0.1, 0.15) is 11.6 Å². The van der Waals surface area contributed by atoms with Crippen LogP contribution in [0.4, 0.5) is 15.8 Å². The number of imidazole rings is 2. The Morgan fingerprint density at radius 3 is 1.55 bits per heavy atom. The molecule has 0 saturated carbocycles. The van der Waals surface area contributed by atoms with Gasteiger partial charge in [0.05, 0.1) is 53.3 Å². The fraction of sp³-hybridized carbons (Fsp3) is 0.200. The van der Waals surface area contributed by atoms with Gasteiger partial charge < -0.3 is 53.4 Å². The Morgan fingerprint density at radius 2 is 1.06 bits per heavy atom. The number of fused-ring (bicyclic) bond motifs is 2. The third-order valence-electron chi connectivity index (χ3n) is 14.6. The summed E-state index contributed by atoms with van der Waals surface area (Å²) >= 11 is 0. The zero-order chi connectivity index (χ0) is 61.4. The highest BCUT2D eigenvalue weighted by Crippen LogP contribution is 2.39. The summed E-state index contributed by atoms with van der Waals surface area (Å²) in [5.74, 6) is 1.14. The Balaban J connectivity index is 0.000000155. The first-order chi connectivity index (χ1) is 42.1. The van der Waals surface area contributed by atoms with Crippen LogP contribution in [0.25, 0.3) is 67.0 Å². The summed E-state index contributed by atoms with van der Waals surface area (Å²) in [6.07, 6.45) is 19.3. The second kappa shape index (κ2) is 29.3. The number of aromatic nitrogens is 10. The van der Waals surface area contributed by atoms with Gasteiger partial charge in [0.2, 0.25) is 12.8 Å². The fourth-order valence-corrected chi connectivity index (χ4v) is 9.53. The third kappa shape index (κ3) is 15.9. The molecule has 0 saturated heterocycles. The van der Waals surface area contributed by atoms with Gasteiger partial charge in [-0.3, -0.25) is 9.97 Å². The highest BCUT2D eigenvalue weighted by Gasteiger charge is 2.19. The van der Waals surface area contributed by atoms with Gasteiger partial charge in [-0.25, -0.2) is 14.4 Å². The largest absolute Gasteiger partial charge is 0.496 e. The van der Waals surface area contributed by atoms with Crippen molar-refractivity contribution in [2.75, 3.05) is 30.8 Å². The minimum absolute atomic E-state index is 0.0874. The SMILES string of the molecule is COc1cc(C)ccc1-c1ccc2ncc(-c3nnco3)c(NCCCn3ccnc3)c2c1.Cc1ccc(-c2ccc3ncc(-c4nnco4)c(NCCCn4ccnc4)c3c2)cc1C.Cc1ccc(B(O)O)c(F)c1.Cc1ccc(B(O)O)cc1C. The zero-order valence-electron chi connectivity index (χ0n) is 49.4. The Labute approximate surface area is 504 Å². The van der Waals surface area contributed by atoms with E-state index < -0.39 is 20.1 Å². The number of nitrogens with zero attached hydrogens (tertiary/aromatic N) is 10. The van der Waals surface area contributed by atoms with E-state index in [1.807, 2.05) is 57.1 Å². The van der Waals surface area contributed by atoms with Crippen molar-refractivity contribution < 1.29 is 38.1 Å². The van der Waals surface area contributed by atoms with Crippen molar-refractivity contribution in [2.24, 2.45) is 0 Å². The van der Waals surface area contributed by atoms with Crippen LogP contribution in [0.3, 0.4) is 0 Å². The number of pyridine rings is 2. The Morgan fingerprint density at radius 1 is 0.540 bits per heavy atom. The van der Waals surface area contributed by atoms with Gasteiger partial charge in [0.15, 0.2) is 0 Å². The first kappa shape index (κ1) is 61.7. The van der Waals surface area contributed by atoms with Crippen LogP contribution in [-0.4, -0.2) is 104 Å². The maximum atomic E-state index is 12.8. The van der Waals surface area contributed by atoms with Gasteiger partial charge in [0, 0.05) is 85.2 Å². The fourth-order valence-electron chi connectivity index (χ4n) is 9.53. The molecule has 0 fully saturated rings. The summed E-state index contributed by atoms with van der Waals surface area (Å²) in [5.41, 5.74) is 16.8. The van der Waals surface area contributed by atoms with E-state index in [-0.39, 0.29) is 5.46 Å². The van der Waals surface area contributed by atoms with E-state index in [2.05, 4.69) is 142 Å². The monoisotopic (exact) mass is 1170 g/mol. The molecule has 0 aliphatic carbocycles. The number of hydrogen-bond acceptors (Lipinski definition) is 17. The molecular weight excluding hydrogens is 1100 g/mol. The molecule has 0 bridgehead atoms. The van der Waals surface area contributed by atoms with Crippen LogP contribution in [0.15, 0.2) is 181 Å². The Hall–Kier alpha value is -9.86. The smallest absolute Gasteiger partial charge is 0.491 e. The molecule has 12 rings (SSSR count). The van der Waals surface area contributed by atoms with E-state index >= 15 is 0 Å². The quantitative estimate of drug-likeness (QED) is 0.0366. The lowest BCUT2D eigenvalue weighted by molar-refractivity contribution is 0.416. The number of benzene rings is 6. The summed E-state index contributed by atoms with van der Waals surface area (Å²) in [7, 11) is -1.38. The van der Waals surface area contributed by atoms with Gasteiger partial charge in [-0.2, -0.15) is 0 Å². The second-order valence-corrected chi connectivity index (χ2v) is 20.8.